The molecular formula is C15H22N2O. The fourth-order valence-electron chi connectivity index (χ4n) is 1.85. The molecule has 0 aromatic heterocycles. The Bertz CT molecular complexity index is 372. The molecule has 0 spiro atoms. The van der Waals surface area contributed by atoms with Crippen LogP contribution in [0.3, 0.4) is 0 Å². The third kappa shape index (κ3) is 3.83. The van der Waals surface area contributed by atoms with Gasteiger partial charge in [-0.3, -0.25) is 5.32 Å². The number of likely N-dealkylation sites (N-methyl/N-ethyl adjacent to an activating group) is 1. The van der Waals surface area contributed by atoms with Gasteiger partial charge in [-0.25, -0.2) is 0 Å². The van der Waals surface area contributed by atoms with Crippen LogP contribution in [0.5, 0.6) is 0 Å². The van der Waals surface area contributed by atoms with Crippen molar-refractivity contribution in [3.63, 3.8) is 0 Å². The Morgan fingerprint density at radius 1 is 1.28 bits per heavy atom. The maximum absolute atomic E-state index is 9.44. The second kappa shape index (κ2) is 7.86. The van der Waals surface area contributed by atoms with Crippen LogP contribution < -0.4 is 5.32 Å². The zero-order valence-electron chi connectivity index (χ0n) is 11.3. The predicted molar refractivity (Wildman–Crippen MR) is 73.1 cm³/mol. The summed E-state index contributed by atoms with van der Waals surface area (Å²) < 4.78 is 5.65. The zero-order chi connectivity index (χ0) is 13.3. The molecule has 0 fully saturated rings. The first-order valence-corrected chi connectivity index (χ1v) is 6.52. The molecule has 1 unspecified atom stereocenters. The lowest BCUT2D eigenvalue weighted by molar-refractivity contribution is 0.0886. The number of benzene rings is 1. The molecule has 1 atom stereocenters. The molecule has 1 aromatic carbocycles. The number of nitrogens with zero attached hydrogens (tertiary/aromatic N) is 1. The first kappa shape index (κ1) is 14.7. The van der Waals surface area contributed by atoms with Crippen molar-refractivity contribution in [1.29, 1.82) is 5.26 Å². The van der Waals surface area contributed by atoms with Gasteiger partial charge in [0.25, 0.3) is 0 Å². The van der Waals surface area contributed by atoms with Crippen molar-refractivity contribution < 1.29 is 4.74 Å². The minimum absolute atomic E-state index is 0.383. The first-order chi connectivity index (χ1) is 8.79. The summed E-state index contributed by atoms with van der Waals surface area (Å²) in [6.45, 7) is 3.26. The number of hydrogen-bond acceptors (Lipinski definition) is 3. The van der Waals surface area contributed by atoms with Crippen LogP contribution in [0.4, 0.5) is 0 Å². The van der Waals surface area contributed by atoms with Gasteiger partial charge in [0.2, 0.25) is 0 Å². The highest BCUT2D eigenvalue weighted by atomic mass is 16.5. The fraction of sp³-hybridized carbons (Fsp3) is 0.533. The topological polar surface area (TPSA) is 45.0 Å². The summed E-state index contributed by atoms with van der Waals surface area (Å²) in [7, 11) is 1.80. The van der Waals surface area contributed by atoms with Crippen LogP contribution in [0.15, 0.2) is 30.3 Å². The van der Waals surface area contributed by atoms with Gasteiger partial charge >= 0.3 is 0 Å². The monoisotopic (exact) mass is 246 g/mol. The minimum Gasteiger partial charge on any atom is -0.378 e. The van der Waals surface area contributed by atoms with Crippen molar-refractivity contribution in [3.05, 3.63) is 35.9 Å². The van der Waals surface area contributed by atoms with Gasteiger partial charge in [-0.1, -0.05) is 50.1 Å². The molecule has 3 nitrogen and oxygen atoms in total. The van der Waals surface area contributed by atoms with Gasteiger partial charge in [0.05, 0.1) is 12.7 Å². The Labute approximate surface area is 110 Å². The van der Waals surface area contributed by atoms with Crippen molar-refractivity contribution in [2.75, 3.05) is 20.3 Å². The van der Waals surface area contributed by atoms with E-state index < -0.39 is 5.54 Å². The highest BCUT2D eigenvalue weighted by Crippen LogP contribution is 2.20. The molecule has 98 valence electrons. The van der Waals surface area contributed by atoms with Crippen LogP contribution in [0.25, 0.3) is 0 Å². The van der Waals surface area contributed by atoms with Crippen LogP contribution in [-0.2, 0) is 10.3 Å². The Morgan fingerprint density at radius 2 is 2.00 bits per heavy atom. The number of ether oxygens (including phenoxy) is 1. The molecule has 1 rings (SSSR count). The standard InChI is InChI=1S/C15H22N2O/c1-3-4-8-11-18-13-15(12-16,17-2)14-9-6-5-7-10-14/h5-7,9-10,17H,3-4,8,11,13H2,1-2H3. The van der Waals surface area contributed by atoms with E-state index in [2.05, 4.69) is 18.3 Å². The van der Waals surface area contributed by atoms with Crippen molar-refractivity contribution in [2.24, 2.45) is 0 Å². The summed E-state index contributed by atoms with van der Waals surface area (Å²) in [5.74, 6) is 0. The maximum Gasteiger partial charge on any atom is 0.155 e. The van der Waals surface area contributed by atoms with Crippen molar-refractivity contribution in [2.45, 2.75) is 31.7 Å². The van der Waals surface area contributed by atoms with E-state index in [4.69, 9.17) is 4.74 Å². The second-order valence-corrected chi connectivity index (χ2v) is 4.39. The van der Waals surface area contributed by atoms with Gasteiger partial charge in [0.1, 0.15) is 0 Å². The summed E-state index contributed by atoms with van der Waals surface area (Å²) in [4.78, 5) is 0. The van der Waals surface area contributed by atoms with Crippen LogP contribution >= 0.6 is 0 Å². The zero-order valence-corrected chi connectivity index (χ0v) is 11.3. The summed E-state index contributed by atoms with van der Waals surface area (Å²) in [5, 5.41) is 12.5. The van der Waals surface area contributed by atoms with Gasteiger partial charge in [0, 0.05) is 6.61 Å². The molecule has 0 bridgehead atoms. The van der Waals surface area contributed by atoms with E-state index in [1.165, 1.54) is 12.8 Å². The lowest BCUT2D eigenvalue weighted by atomic mass is 9.92. The molecule has 1 aromatic rings. The van der Waals surface area contributed by atoms with Crippen molar-refractivity contribution in [1.82, 2.24) is 5.32 Å². The lowest BCUT2D eigenvalue weighted by Gasteiger charge is -2.26. The number of unbranched alkanes of at least 4 members (excludes halogenated alkanes) is 2. The van der Waals surface area contributed by atoms with Gasteiger partial charge in [-0.2, -0.15) is 5.26 Å². The maximum atomic E-state index is 9.44. The third-order valence-electron chi connectivity index (χ3n) is 3.10. The van der Waals surface area contributed by atoms with E-state index in [9.17, 15) is 5.26 Å². The number of rotatable bonds is 8. The van der Waals surface area contributed by atoms with Gasteiger partial charge < -0.3 is 4.74 Å². The average Bonchev–Trinajstić information content (AvgIpc) is 2.44. The van der Waals surface area contributed by atoms with Gasteiger partial charge in [0.15, 0.2) is 5.54 Å². The molecule has 3 heteroatoms. The van der Waals surface area contributed by atoms with Crippen molar-refractivity contribution in [3.8, 4) is 6.07 Å². The van der Waals surface area contributed by atoms with E-state index in [0.717, 1.165) is 12.0 Å². The molecule has 0 aliphatic heterocycles. The first-order valence-electron chi connectivity index (χ1n) is 6.52. The summed E-state index contributed by atoms with van der Waals surface area (Å²) in [6.07, 6.45) is 3.40. The number of nitriles is 1. The van der Waals surface area contributed by atoms with Gasteiger partial charge in [-0.05, 0) is 19.0 Å². The Balaban J connectivity index is 2.62. The average molecular weight is 246 g/mol. The predicted octanol–water partition coefficient (Wildman–Crippen LogP) is 2.83. The molecular weight excluding hydrogens is 224 g/mol. The van der Waals surface area contributed by atoms with E-state index in [-0.39, 0.29) is 0 Å². The van der Waals surface area contributed by atoms with E-state index in [1.807, 2.05) is 30.3 Å². The van der Waals surface area contributed by atoms with Crippen molar-refractivity contribution >= 4 is 0 Å². The minimum atomic E-state index is -0.743. The molecule has 0 amide bonds. The van der Waals surface area contributed by atoms with Gasteiger partial charge in [-0.15, -0.1) is 0 Å². The number of nitrogens with one attached hydrogen (secondary N) is 1. The summed E-state index contributed by atoms with van der Waals surface area (Å²) in [6, 6.07) is 12.1. The Morgan fingerprint density at radius 3 is 2.56 bits per heavy atom. The normalized spacial score (nSPS) is 13.8. The Kier molecular flexibility index (Phi) is 6.42. The Hall–Kier alpha value is -1.37. The van der Waals surface area contributed by atoms with E-state index in [1.54, 1.807) is 7.05 Å². The molecule has 0 radical (unpaired) electrons. The molecule has 0 aliphatic carbocycles. The lowest BCUT2D eigenvalue weighted by Crippen LogP contribution is -2.43. The molecule has 0 saturated heterocycles. The molecule has 18 heavy (non-hydrogen) atoms. The SMILES string of the molecule is CCCCCOCC(C#N)(NC)c1ccccc1. The second-order valence-electron chi connectivity index (χ2n) is 4.39. The smallest absolute Gasteiger partial charge is 0.155 e. The van der Waals surface area contributed by atoms with E-state index in [0.29, 0.717) is 13.2 Å². The third-order valence-corrected chi connectivity index (χ3v) is 3.10. The molecule has 1 N–H and O–H groups in total. The molecule has 0 aliphatic rings. The quantitative estimate of drug-likeness (QED) is 0.717. The highest BCUT2D eigenvalue weighted by Gasteiger charge is 2.30. The molecule has 0 heterocycles. The van der Waals surface area contributed by atoms with Crippen LogP contribution in [0, 0.1) is 11.3 Å². The fourth-order valence-corrected chi connectivity index (χ4v) is 1.85. The van der Waals surface area contributed by atoms with Crippen LogP contribution in [0.2, 0.25) is 0 Å². The highest BCUT2D eigenvalue weighted by molar-refractivity contribution is 5.31. The van der Waals surface area contributed by atoms with E-state index >= 15 is 0 Å². The summed E-state index contributed by atoms with van der Waals surface area (Å²) in [5.41, 5.74) is 0.207. The van der Waals surface area contributed by atoms with Crippen LogP contribution in [0.1, 0.15) is 31.7 Å². The summed E-state index contributed by atoms with van der Waals surface area (Å²) >= 11 is 0. The largest absolute Gasteiger partial charge is 0.378 e. The molecule has 0 saturated carbocycles. The number of hydrogen-bond donors (Lipinski definition) is 1. The van der Waals surface area contributed by atoms with Crippen LogP contribution in [-0.4, -0.2) is 20.3 Å².